The molecule has 184 valence electrons. The molecular weight excluding hydrogens is 515 g/mol. The Labute approximate surface area is 212 Å². The molecule has 7 nitrogen and oxygen atoms in total. The van der Waals surface area contributed by atoms with E-state index in [4.69, 9.17) is 9.41 Å². The highest BCUT2D eigenvalue weighted by Gasteiger charge is 2.28. The summed E-state index contributed by atoms with van der Waals surface area (Å²) in [4.78, 5) is 14.5. The topological polar surface area (TPSA) is 68.9 Å². The Balaban J connectivity index is 0.00000363. The number of nitrogens with one attached hydrogen (secondary N) is 2. The van der Waals surface area contributed by atoms with Crippen molar-refractivity contribution in [1.82, 2.24) is 25.4 Å². The van der Waals surface area contributed by atoms with Gasteiger partial charge < -0.3 is 15.1 Å². The Bertz CT molecular complexity index is 686. The molecule has 0 aromatic carbocycles. The van der Waals surface area contributed by atoms with Crippen LogP contribution >= 0.6 is 24.0 Å². The Hall–Kier alpha value is -0.870. The molecule has 0 bridgehead atoms. The number of aryl methyl sites for hydroxylation is 2. The molecule has 1 aromatic rings. The number of oxazole rings is 1. The van der Waals surface area contributed by atoms with E-state index in [-0.39, 0.29) is 29.5 Å². The first kappa shape index (κ1) is 27.4. The van der Waals surface area contributed by atoms with Crippen LogP contribution in [0.2, 0.25) is 0 Å². The van der Waals surface area contributed by atoms with Gasteiger partial charge in [0.1, 0.15) is 5.76 Å². The van der Waals surface area contributed by atoms with Gasteiger partial charge >= 0.3 is 0 Å². The van der Waals surface area contributed by atoms with Crippen molar-refractivity contribution in [2.45, 2.75) is 78.8 Å². The van der Waals surface area contributed by atoms with Crippen LogP contribution in [0.25, 0.3) is 0 Å². The fourth-order valence-electron chi connectivity index (χ4n) is 4.60. The number of rotatable bonds is 8. The molecule has 0 saturated carbocycles. The van der Waals surface area contributed by atoms with Crippen molar-refractivity contribution in [3.8, 4) is 0 Å². The number of nitrogens with zero attached hydrogens (tertiary/aromatic N) is 4. The maximum Gasteiger partial charge on any atom is 0.208 e. The molecule has 2 aliphatic rings. The first-order valence-electron chi connectivity index (χ1n) is 12.3. The average molecular weight is 561 g/mol. The molecule has 2 N–H and O–H groups in total. The van der Waals surface area contributed by atoms with Crippen LogP contribution in [0.5, 0.6) is 0 Å². The molecule has 2 saturated heterocycles. The van der Waals surface area contributed by atoms with Crippen LogP contribution in [-0.4, -0.2) is 72.1 Å². The van der Waals surface area contributed by atoms with Gasteiger partial charge in [-0.25, -0.2) is 4.98 Å². The summed E-state index contributed by atoms with van der Waals surface area (Å²) in [5, 5.41) is 7.05. The van der Waals surface area contributed by atoms with Gasteiger partial charge in [-0.1, -0.05) is 6.42 Å². The van der Waals surface area contributed by atoms with Crippen LogP contribution in [0.4, 0.5) is 0 Å². The van der Waals surface area contributed by atoms with E-state index in [1.807, 2.05) is 13.8 Å². The van der Waals surface area contributed by atoms with Crippen molar-refractivity contribution >= 4 is 29.9 Å². The van der Waals surface area contributed by atoms with Gasteiger partial charge in [0.2, 0.25) is 5.89 Å². The van der Waals surface area contributed by atoms with Crippen molar-refractivity contribution in [1.29, 1.82) is 0 Å². The van der Waals surface area contributed by atoms with Gasteiger partial charge in [0, 0.05) is 18.6 Å². The lowest BCUT2D eigenvalue weighted by Crippen LogP contribution is -2.50. The number of hydrogen-bond acceptors (Lipinski definition) is 5. The molecule has 0 atom stereocenters. The molecule has 2 aliphatic heterocycles. The monoisotopic (exact) mass is 560 g/mol. The zero-order valence-electron chi connectivity index (χ0n) is 20.9. The lowest BCUT2D eigenvalue weighted by molar-refractivity contribution is 0.102. The lowest BCUT2D eigenvalue weighted by Gasteiger charge is -2.40. The van der Waals surface area contributed by atoms with Crippen molar-refractivity contribution < 1.29 is 4.42 Å². The molecule has 8 heteroatoms. The molecule has 0 spiro atoms. The zero-order chi connectivity index (χ0) is 22.3. The summed E-state index contributed by atoms with van der Waals surface area (Å²) in [5.41, 5.74) is 1.12. The summed E-state index contributed by atoms with van der Waals surface area (Å²) in [6.07, 6.45) is 6.41. The molecule has 0 radical (unpaired) electrons. The highest BCUT2D eigenvalue weighted by atomic mass is 127. The van der Waals surface area contributed by atoms with Crippen LogP contribution in [0.1, 0.15) is 70.2 Å². The molecular formula is C24H45IN6O. The largest absolute Gasteiger partial charge is 0.444 e. The van der Waals surface area contributed by atoms with Crippen molar-refractivity contribution in [3.63, 3.8) is 0 Å². The molecule has 0 aliphatic carbocycles. The van der Waals surface area contributed by atoms with Gasteiger partial charge in [-0.05, 0) is 92.4 Å². The van der Waals surface area contributed by atoms with Gasteiger partial charge in [-0.3, -0.25) is 14.8 Å². The molecule has 2 fully saturated rings. The van der Waals surface area contributed by atoms with Crippen molar-refractivity contribution in [2.24, 2.45) is 10.9 Å². The van der Waals surface area contributed by atoms with Crippen LogP contribution < -0.4 is 10.6 Å². The quantitative estimate of drug-likeness (QED) is 0.285. The van der Waals surface area contributed by atoms with E-state index in [2.05, 4.69) is 46.2 Å². The summed E-state index contributed by atoms with van der Waals surface area (Å²) in [6, 6.07) is 0. The fraction of sp³-hybridized carbons (Fsp3) is 0.833. The number of piperidine rings is 2. The van der Waals surface area contributed by atoms with Gasteiger partial charge in [0.15, 0.2) is 5.96 Å². The second-order valence-electron chi connectivity index (χ2n) is 9.90. The highest BCUT2D eigenvalue weighted by Crippen LogP contribution is 2.21. The third-order valence-electron chi connectivity index (χ3n) is 6.88. The number of guanidine groups is 1. The van der Waals surface area contributed by atoms with Crippen LogP contribution in [0.3, 0.4) is 0 Å². The highest BCUT2D eigenvalue weighted by molar-refractivity contribution is 14.0. The first-order valence-corrected chi connectivity index (χ1v) is 12.3. The van der Waals surface area contributed by atoms with Crippen LogP contribution in [-0.2, 0) is 6.54 Å². The summed E-state index contributed by atoms with van der Waals surface area (Å²) >= 11 is 0. The summed E-state index contributed by atoms with van der Waals surface area (Å²) in [5.74, 6) is 3.43. The van der Waals surface area contributed by atoms with E-state index >= 15 is 0 Å². The van der Waals surface area contributed by atoms with Gasteiger partial charge in [-0.15, -0.1) is 24.0 Å². The van der Waals surface area contributed by atoms with E-state index in [9.17, 15) is 0 Å². The van der Waals surface area contributed by atoms with E-state index < -0.39 is 0 Å². The molecule has 3 rings (SSSR count). The number of aliphatic imine (C=N–C) groups is 1. The molecule has 0 amide bonds. The SMILES string of the molecule is CCNC(=NCC(C)(C)N1CCCCC1)NCC1CCN(Cc2nc(C)c(C)o2)CC1.I. The second kappa shape index (κ2) is 13.1. The number of likely N-dealkylation sites (tertiary alicyclic amines) is 2. The van der Waals surface area contributed by atoms with E-state index in [1.54, 1.807) is 0 Å². The Kier molecular flexibility index (Phi) is 11.2. The summed E-state index contributed by atoms with van der Waals surface area (Å²) in [6.45, 7) is 18.9. The van der Waals surface area contributed by atoms with Crippen LogP contribution in [0.15, 0.2) is 9.41 Å². The third-order valence-corrected chi connectivity index (χ3v) is 6.88. The smallest absolute Gasteiger partial charge is 0.208 e. The standard InChI is InChI=1S/C24H44N6O.HI/c1-6-25-23(27-18-24(4,5)30-12-8-7-9-13-30)26-16-21-10-14-29(15-11-21)17-22-28-19(2)20(3)31-22;/h21H,6-18H2,1-5H3,(H2,25,26,27);1H. The van der Waals surface area contributed by atoms with Gasteiger partial charge in [0.25, 0.3) is 0 Å². The average Bonchev–Trinajstić information content (AvgIpc) is 3.08. The molecule has 32 heavy (non-hydrogen) atoms. The van der Waals surface area contributed by atoms with E-state index in [0.29, 0.717) is 5.92 Å². The zero-order valence-corrected chi connectivity index (χ0v) is 23.2. The minimum absolute atomic E-state index is 0. The Morgan fingerprint density at radius 2 is 1.78 bits per heavy atom. The maximum absolute atomic E-state index is 5.76. The molecule has 0 unspecified atom stereocenters. The maximum atomic E-state index is 5.76. The minimum atomic E-state index is 0. The molecule has 3 heterocycles. The lowest BCUT2D eigenvalue weighted by atomic mass is 9.97. The predicted molar refractivity (Wildman–Crippen MR) is 143 cm³/mol. The van der Waals surface area contributed by atoms with Gasteiger partial charge in [0.05, 0.1) is 18.8 Å². The van der Waals surface area contributed by atoms with Crippen molar-refractivity contribution in [2.75, 3.05) is 45.8 Å². The normalized spacial score (nSPS) is 19.6. The first-order chi connectivity index (χ1) is 14.9. The Morgan fingerprint density at radius 1 is 1.09 bits per heavy atom. The minimum Gasteiger partial charge on any atom is -0.444 e. The van der Waals surface area contributed by atoms with E-state index in [0.717, 1.165) is 62.6 Å². The van der Waals surface area contributed by atoms with E-state index in [1.165, 1.54) is 45.2 Å². The van der Waals surface area contributed by atoms with Crippen LogP contribution in [0, 0.1) is 19.8 Å². The summed E-state index contributed by atoms with van der Waals surface area (Å²) < 4.78 is 5.76. The number of halogens is 1. The fourth-order valence-corrected chi connectivity index (χ4v) is 4.60. The Morgan fingerprint density at radius 3 is 2.38 bits per heavy atom. The number of hydrogen-bond donors (Lipinski definition) is 2. The predicted octanol–water partition coefficient (Wildman–Crippen LogP) is 3.94. The second-order valence-corrected chi connectivity index (χ2v) is 9.90. The molecule has 1 aromatic heterocycles. The summed E-state index contributed by atoms with van der Waals surface area (Å²) in [7, 11) is 0. The van der Waals surface area contributed by atoms with Crippen molar-refractivity contribution in [3.05, 3.63) is 17.3 Å². The van der Waals surface area contributed by atoms with Gasteiger partial charge in [-0.2, -0.15) is 0 Å². The number of aromatic nitrogens is 1. The third kappa shape index (κ3) is 8.17.